The van der Waals surface area contributed by atoms with E-state index in [1.54, 1.807) is 18.6 Å². The summed E-state index contributed by atoms with van der Waals surface area (Å²) in [5.74, 6) is -0.298. The van der Waals surface area contributed by atoms with Crippen LogP contribution in [0, 0.1) is 0 Å². The fraction of sp³-hybridized carbons (Fsp3) is 0.375. The fourth-order valence-corrected chi connectivity index (χ4v) is 1.65. The lowest BCUT2D eigenvalue weighted by Crippen LogP contribution is -1.98. The molecule has 0 atom stereocenters. The summed E-state index contributed by atoms with van der Waals surface area (Å²) in [7, 11) is 2.99. The number of thiophene rings is 1. The highest BCUT2D eigenvalue weighted by atomic mass is 32.1. The van der Waals surface area contributed by atoms with Crippen molar-refractivity contribution in [3.8, 4) is 0 Å². The van der Waals surface area contributed by atoms with E-state index in [-0.39, 0.29) is 5.97 Å². The Morgan fingerprint density at radius 1 is 1.58 bits per heavy atom. The van der Waals surface area contributed by atoms with Crippen LogP contribution >= 0.6 is 11.3 Å². The van der Waals surface area contributed by atoms with E-state index in [1.165, 1.54) is 18.4 Å². The van der Waals surface area contributed by atoms with Gasteiger partial charge in [0.2, 0.25) is 0 Å². The lowest BCUT2D eigenvalue weighted by Gasteiger charge is -1.92. The number of carbonyl (C=O) groups excluding carboxylic acids is 1. The van der Waals surface area contributed by atoms with Gasteiger partial charge in [-0.05, 0) is 6.07 Å². The second-order valence-electron chi connectivity index (χ2n) is 2.23. The molecule has 0 aliphatic heterocycles. The molecule has 12 heavy (non-hydrogen) atoms. The molecule has 0 aliphatic carbocycles. The quantitative estimate of drug-likeness (QED) is 0.674. The van der Waals surface area contributed by atoms with Crippen molar-refractivity contribution in [3.63, 3.8) is 0 Å². The van der Waals surface area contributed by atoms with Gasteiger partial charge < -0.3 is 9.47 Å². The van der Waals surface area contributed by atoms with Gasteiger partial charge in [-0.1, -0.05) is 0 Å². The van der Waals surface area contributed by atoms with Crippen LogP contribution in [-0.2, 0) is 16.1 Å². The molecule has 0 spiro atoms. The third kappa shape index (κ3) is 2.06. The molecule has 0 amide bonds. The van der Waals surface area contributed by atoms with Crippen molar-refractivity contribution in [2.24, 2.45) is 0 Å². The first-order chi connectivity index (χ1) is 5.77. The average Bonchev–Trinajstić information content (AvgIpc) is 2.52. The van der Waals surface area contributed by atoms with Gasteiger partial charge in [-0.2, -0.15) is 0 Å². The zero-order valence-electron chi connectivity index (χ0n) is 6.99. The maximum absolute atomic E-state index is 11.0. The smallest absolute Gasteiger partial charge is 0.338 e. The molecule has 1 heterocycles. The maximum Gasteiger partial charge on any atom is 0.338 e. The van der Waals surface area contributed by atoms with Crippen molar-refractivity contribution in [1.29, 1.82) is 0 Å². The normalized spacial score (nSPS) is 9.83. The van der Waals surface area contributed by atoms with Gasteiger partial charge in [0, 0.05) is 17.4 Å². The maximum atomic E-state index is 11.0. The molecule has 4 heteroatoms. The van der Waals surface area contributed by atoms with E-state index < -0.39 is 0 Å². The summed E-state index contributed by atoms with van der Waals surface area (Å²) in [5.41, 5.74) is 0.592. The van der Waals surface area contributed by atoms with E-state index in [0.717, 1.165) is 4.88 Å². The third-order valence-corrected chi connectivity index (χ3v) is 2.27. The van der Waals surface area contributed by atoms with Crippen LogP contribution < -0.4 is 0 Å². The Morgan fingerprint density at radius 3 is 2.92 bits per heavy atom. The molecular weight excluding hydrogens is 176 g/mol. The number of hydrogen-bond acceptors (Lipinski definition) is 4. The molecule has 0 bridgehead atoms. The topological polar surface area (TPSA) is 35.5 Å². The highest BCUT2D eigenvalue weighted by Crippen LogP contribution is 2.15. The Labute approximate surface area is 74.9 Å². The SMILES string of the molecule is COCc1cc(C(=O)OC)cs1. The number of ether oxygens (including phenoxy) is 2. The molecule has 0 saturated heterocycles. The Hall–Kier alpha value is -0.870. The first-order valence-corrected chi connectivity index (χ1v) is 4.30. The van der Waals surface area contributed by atoms with Gasteiger partial charge in [0.25, 0.3) is 0 Å². The summed E-state index contributed by atoms with van der Waals surface area (Å²) in [4.78, 5) is 12.0. The lowest BCUT2D eigenvalue weighted by molar-refractivity contribution is 0.0601. The molecule has 1 rings (SSSR count). The fourth-order valence-electron chi connectivity index (χ4n) is 0.823. The number of esters is 1. The molecule has 0 saturated carbocycles. The first kappa shape index (κ1) is 9.22. The molecule has 0 aromatic carbocycles. The Kier molecular flexibility index (Phi) is 3.25. The molecule has 0 unspecified atom stereocenters. The number of methoxy groups -OCH3 is 2. The molecule has 0 fully saturated rings. The summed E-state index contributed by atoms with van der Waals surface area (Å²) in [6.07, 6.45) is 0. The van der Waals surface area contributed by atoms with Gasteiger partial charge in [0.1, 0.15) is 0 Å². The summed E-state index contributed by atoms with van der Waals surface area (Å²) >= 11 is 1.49. The number of carbonyl (C=O) groups is 1. The first-order valence-electron chi connectivity index (χ1n) is 3.42. The zero-order valence-corrected chi connectivity index (χ0v) is 7.81. The second-order valence-corrected chi connectivity index (χ2v) is 3.22. The summed E-state index contributed by atoms with van der Waals surface area (Å²) in [6, 6.07) is 1.78. The van der Waals surface area contributed by atoms with E-state index in [9.17, 15) is 4.79 Å². The predicted molar refractivity (Wildman–Crippen MR) is 46.4 cm³/mol. The van der Waals surface area contributed by atoms with Crippen molar-refractivity contribution in [3.05, 3.63) is 21.9 Å². The summed E-state index contributed by atoms with van der Waals surface area (Å²) < 4.78 is 9.47. The highest BCUT2D eigenvalue weighted by molar-refractivity contribution is 7.10. The van der Waals surface area contributed by atoms with Crippen LogP contribution in [0.3, 0.4) is 0 Å². The van der Waals surface area contributed by atoms with Crippen LogP contribution in [0.5, 0.6) is 0 Å². The Morgan fingerprint density at radius 2 is 2.33 bits per heavy atom. The summed E-state index contributed by atoms with van der Waals surface area (Å²) in [5, 5.41) is 1.76. The van der Waals surface area contributed by atoms with Gasteiger partial charge in [-0.15, -0.1) is 11.3 Å². The minimum atomic E-state index is -0.298. The molecule has 1 aromatic rings. The Bertz CT molecular complexity index is 267. The number of hydrogen-bond donors (Lipinski definition) is 0. The standard InChI is InChI=1S/C8H10O3S/c1-10-4-7-3-6(5-12-7)8(9)11-2/h3,5H,4H2,1-2H3. The molecule has 1 aromatic heterocycles. The molecule has 0 aliphatic rings. The zero-order chi connectivity index (χ0) is 8.97. The minimum absolute atomic E-state index is 0.298. The molecule has 0 N–H and O–H groups in total. The average molecular weight is 186 g/mol. The summed E-state index contributed by atoms with van der Waals surface area (Å²) in [6.45, 7) is 0.543. The minimum Gasteiger partial charge on any atom is -0.465 e. The van der Waals surface area contributed by atoms with Crippen LogP contribution in [0.15, 0.2) is 11.4 Å². The monoisotopic (exact) mass is 186 g/mol. The van der Waals surface area contributed by atoms with E-state index in [0.29, 0.717) is 12.2 Å². The van der Waals surface area contributed by atoms with Gasteiger partial charge in [0.05, 0.1) is 19.3 Å². The highest BCUT2D eigenvalue weighted by Gasteiger charge is 2.07. The van der Waals surface area contributed by atoms with Crippen molar-refractivity contribution in [2.45, 2.75) is 6.61 Å². The molecule has 0 radical (unpaired) electrons. The van der Waals surface area contributed by atoms with Crippen LogP contribution in [0.25, 0.3) is 0 Å². The van der Waals surface area contributed by atoms with Crippen LogP contribution in [0.4, 0.5) is 0 Å². The van der Waals surface area contributed by atoms with Crippen molar-refractivity contribution >= 4 is 17.3 Å². The van der Waals surface area contributed by atoms with Crippen LogP contribution in [-0.4, -0.2) is 20.2 Å². The van der Waals surface area contributed by atoms with E-state index >= 15 is 0 Å². The lowest BCUT2D eigenvalue weighted by atomic mass is 10.3. The number of rotatable bonds is 3. The van der Waals surface area contributed by atoms with Crippen LogP contribution in [0.1, 0.15) is 15.2 Å². The van der Waals surface area contributed by atoms with Crippen LogP contribution in [0.2, 0.25) is 0 Å². The van der Waals surface area contributed by atoms with E-state index in [1.807, 2.05) is 0 Å². The predicted octanol–water partition coefficient (Wildman–Crippen LogP) is 1.68. The van der Waals surface area contributed by atoms with Gasteiger partial charge >= 0.3 is 5.97 Å². The van der Waals surface area contributed by atoms with E-state index in [4.69, 9.17) is 4.74 Å². The van der Waals surface area contributed by atoms with Gasteiger partial charge in [0.15, 0.2) is 0 Å². The molecule has 3 nitrogen and oxygen atoms in total. The Balaban J connectivity index is 2.70. The van der Waals surface area contributed by atoms with Crippen molar-refractivity contribution in [1.82, 2.24) is 0 Å². The van der Waals surface area contributed by atoms with Gasteiger partial charge in [-0.25, -0.2) is 4.79 Å². The second kappa shape index (κ2) is 4.23. The van der Waals surface area contributed by atoms with Crippen molar-refractivity contribution < 1.29 is 14.3 Å². The van der Waals surface area contributed by atoms with E-state index in [2.05, 4.69) is 4.74 Å². The molecular formula is C8H10O3S. The largest absolute Gasteiger partial charge is 0.465 e. The molecule has 66 valence electrons. The van der Waals surface area contributed by atoms with Gasteiger partial charge in [-0.3, -0.25) is 0 Å². The van der Waals surface area contributed by atoms with Crippen molar-refractivity contribution in [2.75, 3.05) is 14.2 Å². The third-order valence-electron chi connectivity index (χ3n) is 1.36.